The van der Waals surface area contributed by atoms with Gasteiger partial charge in [0.05, 0.1) is 6.54 Å². The summed E-state index contributed by atoms with van der Waals surface area (Å²) in [5.74, 6) is -0.297. The lowest BCUT2D eigenvalue weighted by atomic mass is 10.2. The van der Waals surface area contributed by atoms with Crippen LogP contribution in [0.5, 0.6) is 0 Å². The Hall–Kier alpha value is -2.08. The molecule has 128 valence electrons. The zero-order valence-corrected chi connectivity index (χ0v) is 14.1. The van der Waals surface area contributed by atoms with Crippen molar-refractivity contribution >= 4 is 12.1 Å². The summed E-state index contributed by atoms with van der Waals surface area (Å²) in [6.45, 7) is 6.97. The van der Waals surface area contributed by atoms with Crippen LogP contribution in [0.2, 0.25) is 0 Å². The first kappa shape index (κ1) is 19.0. The minimum atomic E-state index is -0.495. The number of amides is 1. The Labute approximate surface area is 137 Å². The quantitative estimate of drug-likeness (QED) is 0.567. The van der Waals surface area contributed by atoms with E-state index in [-0.39, 0.29) is 19.1 Å². The third kappa shape index (κ3) is 10.3. The molecule has 0 spiro atoms. The summed E-state index contributed by atoms with van der Waals surface area (Å²) in [4.78, 5) is 22.9. The molecule has 0 aliphatic rings. The van der Waals surface area contributed by atoms with E-state index in [0.29, 0.717) is 19.5 Å². The van der Waals surface area contributed by atoms with Gasteiger partial charge in [-0.3, -0.25) is 4.79 Å². The second kappa shape index (κ2) is 9.84. The fraction of sp³-hybridized carbons (Fsp3) is 0.529. The third-order valence-electron chi connectivity index (χ3n) is 2.71. The third-order valence-corrected chi connectivity index (χ3v) is 2.71. The number of carbonyl (C=O) groups is 2. The molecule has 0 bridgehead atoms. The number of carbonyl (C=O) groups excluding carboxylic acids is 2. The first-order valence-electron chi connectivity index (χ1n) is 7.74. The number of alkyl carbamates (subject to hydrolysis) is 1. The molecule has 0 aliphatic carbocycles. The van der Waals surface area contributed by atoms with Crippen LogP contribution < -0.4 is 10.6 Å². The maximum Gasteiger partial charge on any atom is 0.407 e. The number of benzene rings is 1. The summed E-state index contributed by atoms with van der Waals surface area (Å²) >= 11 is 0. The van der Waals surface area contributed by atoms with Crippen molar-refractivity contribution in [1.82, 2.24) is 10.6 Å². The minimum Gasteiger partial charge on any atom is -0.460 e. The molecule has 0 unspecified atom stereocenters. The number of ether oxygens (including phenoxy) is 2. The second-order valence-corrected chi connectivity index (χ2v) is 6.11. The van der Waals surface area contributed by atoms with Crippen molar-refractivity contribution in [2.75, 3.05) is 19.6 Å². The lowest BCUT2D eigenvalue weighted by Gasteiger charge is -2.19. The van der Waals surface area contributed by atoms with E-state index >= 15 is 0 Å². The predicted octanol–water partition coefficient (Wildman–Crippen LogP) is 2.23. The van der Waals surface area contributed by atoms with Gasteiger partial charge in [0.25, 0.3) is 0 Å². The Morgan fingerprint density at radius 2 is 1.78 bits per heavy atom. The topological polar surface area (TPSA) is 76.7 Å². The second-order valence-electron chi connectivity index (χ2n) is 6.11. The number of hydrogen-bond donors (Lipinski definition) is 2. The van der Waals surface area contributed by atoms with Gasteiger partial charge in [-0.05, 0) is 39.3 Å². The van der Waals surface area contributed by atoms with Gasteiger partial charge in [-0.15, -0.1) is 0 Å². The summed E-state index contributed by atoms with van der Waals surface area (Å²) < 4.78 is 10.2. The van der Waals surface area contributed by atoms with Gasteiger partial charge >= 0.3 is 12.1 Å². The zero-order chi connectivity index (χ0) is 17.1. The lowest BCUT2D eigenvalue weighted by molar-refractivity contribution is -0.143. The van der Waals surface area contributed by atoms with Gasteiger partial charge in [0.1, 0.15) is 12.2 Å². The van der Waals surface area contributed by atoms with Crippen molar-refractivity contribution in [3.05, 3.63) is 35.9 Å². The highest BCUT2D eigenvalue weighted by atomic mass is 16.6. The Bertz CT molecular complexity index is 483. The van der Waals surface area contributed by atoms with Crippen LogP contribution in [0.15, 0.2) is 30.3 Å². The SMILES string of the molecule is CC(C)(C)OC(=O)NCCCNCC(=O)OCc1ccccc1. The Morgan fingerprint density at radius 1 is 1.09 bits per heavy atom. The van der Waals surface area contributed by atoms with Crippen LogP contribution in [0.25, 0.3) is 0 Å². The van der Waals surface area contributed by atoms with Crippen molar-refractivity contribution in [3.8, 4) is 0 Å². The van der Waals surface area contributed by atoms with Crippen LogP contribution in [0.1, 0.15) is 32.8 Å². The summed E-state index contributed by atoms with van der Waals surface area (Å²) in [7, 11) is 0. The molecule has 6 nitrogen and oxygen atoms in total. The molecule has 0 aliphatic heterocycles. The lowest BCUT2D eigenvalue weighted by Crippen LogP contribution is -2.34. The molecule has 1 amide bonds. The van der Waals surface area contributed by atoms with E-state index in [2.05, 4.69) is 10.6 Å². The minimum absolute atomic E-state index is 0.152. The summed E-state index contributed by atoms with van der Waals surface area (Å²) in [6, 6.07) is 9.53. The highest BCUT2D eigenvalue weighted by Gasteiger charge is 2.15. The first-order valence-corrected chi connectivity index (χ1v) is 7.74. The van der Waals surface area contributed by atoms with E-state index in [1.54, 1.807) is 0 Å². The monoisotopic (exact) mass is 322 g/mol. The molecule has 6 heteroatoms. The number of rotatable bonds is 8. The molecular formula is C17H26N2O4. The van der Waals surface area contributed by atoms with Gasteiger partial charge in [0, 0.05) is 6.54 Å². The van der Waals surface area contributed by atoms with Gasteiger partial charge in [0.15, 0.2) is 0 Å². The molecule has 1 aromatic carbocycles. The Balaban J connectivity index is 2.00. The van der Waals surface area contributed by atoms with Gasteiger partial charge in [0.2, 0.25) is 0 Å². The molecule has 0 atom stereocenters. The fourth-order valence-electron chi connectivity index (χ4n) is 1.70. The smallest absolute Gasteiger partial charge is 0.407 e. The van der Waals surface area contributed by atoms with Crippen LogP contribution in [-0.2, 0) is 20.9 Å². The maximum absolute atomic E-state index is 11.5. The van der Waals surface area contributed by atoms with Crippen LogP contribution in [0.4, 0.5) is 4.79 Å². The molecule has 2 N–H and O–H groups in total. The molecule has 0 radical (unpaired) electrons. The average molecular weight is 322 g/mol. The van der Waals surface area contributed by atoms with Gasteiger partial charge in [-0.1, -0.05) is 30.3 Å². The highest BCUT2D eigenvalue weighted by molar-refractivity contribution is 5.71. The molecule has 1 rings (SSSR count). The van der Waals surface area contributed by atoms with Crippen molar-refractivity contribution < 1.29 is 19.1 Å². The van der Waals surface area contributed by atoms with Crippen molar-refractivity contribution in [2.45, 2.75) is 39.4 Å². The largest absolute Gasteiger partial charge is 0.460 e. The average Bonchev–Trinajstić information content (AvgIpc) is 2.48. The Kier molecular flexibility index (Phi) is 8.11. The van der Waals surface area contributed by atoms with Crippen LogP contribution in [0, 0.1) is 0 Å². The highest BCUT2D eigenvalue weighted by Crippen LogP contribution is 2.06. The molecule has 0 heterocycles. The molecular weight excluding hydrogens is 296 g/mol. The maximum atomic E-state index is 11.5. The first-order chi connectivity index (χ1) is 10.9. The van der Waals surface area contributed by atoms with Gasteiger partial charge in [-0.2, -0.15) is 0 Å². The molecule has 0 aromatic heterocycles. The molecule has 0 saturated heterocycles. The fourth-order valence-corrected chi connectivity index (χ4v) is 1.70. The van der Waals surface area contributed by atoms with E-state index in [0.717, 1.165) is 5.56 Å². The predicted molar refractivity (Wildman–Crippen MR) is 88.0 cm³/mol. The number of hydrogen-bond acceptors (Lipinski definition) is 5. The standard InChI is InChI=1S/C17H26N2O4/c1-17(2,3)23-16(21)19-11-7-10-18-12-15(20)22-13-14-8-5-4-6-9-14/h4-6,8-9,18H,7,10-13H2,1-3H3,(H,19,21). The van der Waals surface area contributed by atoms with Crippen molar-refractivity contribution in [2.24, 2.45) is 0 Å². The number of nitrogens with one attached hydrogen (secondary N) is 2. The van der Waals surface area contributed by atoms with Gasteiger partial charge < -0.3 is 20.1 Å². The van der Waals surface area contributed by atoms with E-state index in [4.69, 9.17) is 9.47 Å². The van der Waals surface area contributed by atoms with E-state index < -0.39 is 11.7 Å². The van der Waals surface area contributed by atoms with Crippen LogP contribution in [-0.4, -0.2) is 37.3 Å². The molecule has 0 fully saturated rings. The number of esters is 1. The molecule has 0 saturated carbocycles. The zero-order valence-electron chi connectivity index (χ0n) is 14.1. The van der Waals surface area contributed by atoms with E-state index in [9.17, 15) is 9.59 Å². The molecule has 23 heavy (non-hydrogen) atoms. The summed E-state index contributed by atoms with van der Waals surface area (Å²) in [5, 5.41) is 5.63. The van der Waals surface area contributed by atoms with Crippen molar-refractivity contribution in [3.63, 3.8) is 0 Å². The summed E-state index contributed by atoms with van der Waals surface area (Å²) in [5.41, 5.74) is 0.465. The van der Waals surface area contributed by atoms with Gasteiger partial charge in [-0.25, -0.2) is 4.79 Å². The van der Waals surface area contributed by atoms with Crippen LogP contribution >= 0.6 is 0 Å². The van der Waals surface area contributed by atoms with Crippen molar-refractivity contribution in [1.29, 1.82) is 0 Å². The summed E-state index contributed by atoms with van der Waals surface area (Å²) in [6.07, 6.45) is 0.269. The van der Waals surface area contributed by atoms with Crippen LogP contribution in [0.3, 0.4) is 0 Å². The normalized spacial score (nSPS) is 10.9. The molecule has 1 aromatic rings. The van der Waals surface area contributed by atoms with E-state index in [1.165, 1.54) is 0 Å². The Morgan fingerprint density at radius 3 is 2.43 bits per heavy atom. The van der Waals surface area contributed by atoms with E-state index in [1.807, 2.05) is 51.1 Å².